The summed E-state index contributed by atoms with van der Waals surface area (Å²) in [6.45, 7) is 4.62. The highest BCUT2D eigenvalue weighted by molar-refractivity contribution is 7.28. The predicted molar refractivity (Wildman–Crippen MR) is 118 cm³/mol. The van der Waals surface area contributed by atoms with E-state index in [9.17, 15) is 4.39 Å². The lowest BCUT2D eigenvalue weighted by Crippen LogP contribution is -2.00. The number of fused-ring (bicyclic) bond motifs is 1. The lowest BCUT2D eigenvalue weighted by Gasteiger charge is -2.12. The molecule has 0 spiro atoms. The minimum absolute atomic E-state index is 0.240. The molecule has 4 heteroatoms. The van der Waals surface area contributed by atoms with Gasteiger partial charge in [-0.2, -0.15) is 0 Å². The highest BCUT2D eigenvalue weighted by atomic mass is 31.0. The van der Waals surface area contributed by atoms with Gasteiger partial charge in [-0.3, -0.25) is 0 Å². The molecule has 0 saturated heterocycles. The van der Waals surface area contributed by atoms with Crippen molar-refractivity contribution >= 4 is 25.4 Å². The number of pyridine rings is 1. The van der Waals surface area contributed by atoms with Gasteiger partial charge in [-0.1, -0.05) is 24.3 Å². The Balaban J connectivity index is 1.75. The standard InChI is InChI=1S/C24H21FNOP/c1-3-27-19-6-4-5-16(12-19)17-7-9-20(24(28)13-17)23-11-15(2)21-14-18(25)8-10-22(21)26-23/h4-14H,3,28H2,1-2H3. The maximum Gasteiger partial charge on any atom is 0.123 e. The second-order valence-electron chi connectivity index (χ2n) is 6.75. The maximum absolute atomic E-state index is 13.5. The summed E-state index contributed by atoms with van der Waals surface area (Å²) < 4.78 is 19.2. The van der Waals surface area contributed by atoms with E-state index in [1.54, 1.807) is 6.07 Å². The third-order valence-corrected chi connectivity index (χ3v) is 5.26. The third-order valence-electron chi connectivity index (χ3n) is 4.78. The Morgan fingerprint density at radius 2 is 1.79 bits per heavy atom. The lowest BCUT2D eigenvalue weighted by atomic mass is 10.0. The number of ether oxygens (including phenoxy) is 1. The SMILES string of the molecule is CCOc1cccc(-c2ccc(-c3cc(C)c4cc(F)ccc4n3)c(P)c2)c1. The largest absolute Gasteiger partial charge is 0.494 e. The van der Waals surface area contributed by atoms with Gasteiger partial charge in [-0.25, -0.2) is 9.37 Å². The van der Waals surface area contributed by atoms with Crippen LogP contribution in [0.5, 0.6) is 5.75 Å². The van der Waals surface area contributed by atoms with Crippen LogP contribution in [0.2, 0.25) is 0 Å². The molecule has 0 N–H and O–H groups in total. The molecule has 1 aromatic heterocycles. The Bertz CT molecular complexity index is 1170. The zero-order valence-electron chi connectivity index (χ0n) is 15.9. The van der Waals surface area contributed by atoms with Crippen LogP contribution in [0.4, 0.5) is 4.39 Å². The number of hydrogen-bond acceptors (Lipinski definition) is 2. The van der Waals surface area contributed by atoms with Gasteiger partial charge in [0.2, 0.25) is 0 Å². The molecule has 1 unspecified atom stereocenters. The average molecular weight is 389 g/mol. The fraction of sp³-hybridized carbons (Fsp3) is 0.125. The van der Waals surface area contributed by atoms with E-state index in [-0.39, 0.29) is 5.82 Å². The molecule has 28 heavy (non-hydrogen) atoms. The zero-order chi connectivity index (χ0) is 19.7. The van der Waals surface area contributed by atoms with E-state index in [0.717, 1.165) is 49.9 Å². The molecule has 4 rings (SSSR count). The molecule has 0 radical (unpaired) electrons. The van der Waals surface area contributed by atoms with Gasteiger partial charge in [0.05, 0.1) is 17.8 Å². The molecule has 0 amide bonds. The Labute approximate surface area is 166 Å². The fourth-order valence-electron chi connectivity index (χ4n) is 3.41. The van der Waals surface area contributed by atoms with E-state index >= 15 is 0 Å². The highest BCUT2D eigenvalue weighted by Crippen LogP contribution is 2.29. The summed E-state index contributed by atoms with van der Waals surface area (Å²) in [6.07, 6.45) is 0. The molecule has 0 aliphatic carbocycles. The summed E-state index contributed by atoms with van der Waals surface area (Å²) in [5.74, 6) is 0.629. The number of hydrogen-bond donors (Lipinski definition) is 0. The maximum atomic E-state index is 13.5. The quantitative estimate of drug-likeness (QED) is 0.405. The number of nitrogens with zero attached hydrogens (tertiary/aromatic N) is 1. The van der Waals surface area contributed by atoms with Gasteiger partial charge < -0.3 is 4.74 Å². The molecule has 0 bridgehead atoms. The topological polar surface area (TPSA) is 22.1 Å². The van der Waals surface area contributed by atoms with E-state index in [1.807, 2.05) is 32.0 Å². The van der Waals surface area contributed by atoms with Crippen LogP contribution in [0.1, 0.15) is 12.5 Å². The predicted octanol–water partition coefficient (Wildman–Crippen LogP) is 5.92. The van der Waals surface area contributed by atoms with Crippen molar-refractivity contribution in [1.29, 1.82) is 0 Å². The molecular formula is C24H21FNOP. The van der Waals surface area contributed by atoms with Crippen LogP contribution in [0.15, 0.2) is 66.7 Å². The summed E-state index contributed by atoms with van der Waals surface area (Å²) in [6, 6.07) is 21.2. The molecule has 3 aromatic carbocycles. The molecule has 0 aliphatic rings. The van der Waals surface area contributed by atoms with E-state index in [2.05, 4.69) is 39.6 Å². The van der Waals surface area contributed by atoms with Gasteiger partial charge in [0.25, 0.3) is 0 Å². The summed E-state index contributed by atoms with van der Waals surface area (Å²) in [4.78, 5) is 4.75. The van der Waals surface area contributed by atoms with Crippen molar-refractivity contribution in [3.63, 3.8) is 0 Å². The molecule has 0 fully saturated rings. The van der Waals surface area contributed by atoms with E-state index in [0.29, 0.717) is 6.61 Å². The molecular weight excluding hydrogens is 368 g/mol. The summed E-state index contributed by atoms with van der Waals surface area (Å²) in [7, 11) is 2.81. The van der Waals surface area contributed by atoms with Gasteiger partial charge in [0.1, 0.15) is 11.6 Å². The minimum Gasteiger partial charge on any atom is -0.494 e. The second-order valence-corrected chi connectivity index (χ2v) is 7.37. The number of rotatable bonds is 4. The normalized spacial score (nSPS) is 11.0. The van der Waals surface area contributed by atoms with Crippen LogP contribution in [0, 0.1) is 12.7 Å². The molecule has 1 atom stereocenters. The Kier molecular flexibility index (Phi) is 5.11. The molecule has 1 heterocycles. The van der Waals surface area contributed by atoms with Crippen LogP contribution >= 0.6 is 9.24 Å². The molecule has 0 saturated carbocycles. The fourth-order valence-corrected chi connectivity index (χ4v) is 3.84. The highest BCUT2D eigenvalue weighted by Gasteiger charge is 2.10. The first-order valence-electron chi connectivity index (χ1n) is 9.25. The first-order chi connectivity index (χ1) is 13.5. The second kappa shape index (κ2) is 7.69. The smallest absolute Gasteiger partial charge is 0.123 e. The molecule has 4 aromatic rings. The Morgan fingerprint density at radius 3 is 2.57 bits per heavy atom. The van der Waals surface area contributed by atoms with Crippen LogP contribution in [-0.4, -0.2) is 11.6 Å². The summed E-state index contributed by atoms with van der Waals surface area (Å²) in [5, 5.41) is 1.91. The number of aryl methyl sites for hydroxylation is 1. The monoisotopic (exact) mass is 389 g/mol. The van der Waals surface area contributed by atoms with Crippen molar-refractivity contribution in [3.8, 4) is 28.1 Å². The van der Waals surface area contributed by atoms with Crippen LogP contribution in [0.3, 0.4) is 0 Å². The zero-order valence-corrected chi connectivity index (χ0v) is 17.0. The molecule has 0 aliphatic heterocycles. The molecule has 140 valence electrons. The van der Waals surface area contributed by atoms with Crippen LogP contribution in [0.25, 0.3) is 33.3 Å². The number of halogens is 1. The van der Waals surface area contributed by atoms with Crippen molar-refractivity contribution in [2.24, 2.45) is 0 Å². The van der Waals surface area contributed by atoms with E-state index < -0.39 is 0 Å². The van der Waals surface area contributed by atoms with Crippen molar-refractivity contribution in [2.45, 2.75) is 13.8 Å². The van der Waals surface area contributed by atoms with Crippen molar-refractivity contribution in [2.75, 3.05) is 6.61 Å². The van der Waals surface area contributed by atoms with Crippen molar-refractivity contribution < 1.29 is 9.13 Å². The Morgan fingerprint density at radius 1 is 0.964 bits per heavy atom. The van der Waals surface area contributed by atoms with Gasteiger partial charge in [0.15, 0.2) is 0 Å². The van der Waals surface area contributed by atoms with E-state index in [1.165, 1.54) is 12.1 Å². The average Bonchev–Trinajstić information content (AvgIpc) is 2.69. The van der Waals surface area contributed by atoms with Gasteiger partial charge >= 0.3 is 0 Å². The Hall–Kier alpha value is -2.77. The van der Waals surface area contributed by atoms with E-state index in [4.69, 9.17) is 9.72 Å². The van der Waals surface area contributed by atoms with Crippen molar-refractivity contribution in [3.05, 3.63) is 78.1 Å². The first kappa shape index (κ1) is 18.6. The van der Waals surface area contributed by atoms with Crippen LogP contribution < -0.4 is 10.0 Å². The van der Waals surface area contributed by atoms with Gasteiger partial charge in [0, 0.05) is 10.9 Å². The number of benzene rings is 3. The lowest BCUT2D eigenvalue weighted by molar-refractivity contribution is 0.340. The van der Waals surface area contributed by atoms with Gasteiger partial charge in [-0.15, -0.1) is 9.24 Å². The van der Waals surface area contributed by atoms with Crippen LogP contribution in [-0.2, 0) is 0 Å². The van der Waals surface area contributed by atoms with Crippen molar-refractivity contribution in [1.82, 2.24) is 4.98 Å². The summed E-state index contributed by atoms with van der Waals surface area (Å²) >= 11 is 0. The number of aromatic nitrogens is 1. The first-order valence-corrected chi connectivity index (χ1v) is 9.83. The molecule has 2 nitrogen and oxygen atoms in total. The van der Waals surface area contributed by atoms with Gasteiger partial charge in [-0.05, 0) is 78.3 Å². The minimum atomic E-state index is -0.240. The third kappa shape index (κ3) is 3.63. The summed E-state index contributed by atoms with van der Waals surface area (Å²) in [5.41, 5.74) is 5.97.